The van der Waals surface area contributed by atoms with Gasteiger partial charge in [0.15, 0.2) is 0 Å². The van der Waals surface area contributed by atoms with E-state index in [1.807, 2.05) is 60.7 Å². The number of nitrogens with one attached hydrogen (secondary N) is 1. The molecule has 0 aliphatic carbocycles. The molecule has 1 fully saturated rings. The molecule has 0 saturated carbocycles. The SMILES string of the molecule is O=C(Nc1cccc2cccnc12)C1CC(=O)N(Cc2ccccc2)C1. The molecule has 1 aliphatic rings. The first-order chi connectivity index (χ1) is 12.7. The second kappa shape index (κ2) is 6.96. The maximum atomic E-state index is 12.7. The average molecular weight is 345 g/mol. The van der Waals surface area contributed by atoms with Crippen LogP contribution in [0.2, 0.25) is 0 Å². The first-order valence-electron chi connectivity index (χ1n) is 8.67. The molecule has 1 N–H and O–H groups in total. The molecule has 4 rings (SSSR count). The zero-order valence-electron chi connectivity index (χ0n) is 14.3. The fraction of sp³-hybridized carbons (Fsp3) is 0.190. The lowest BCUT2D eigenvalue weighted by Gasteiger charge is -2.17. The molecule has 1 aromatic heterocycles. The zero-order chi connectivity index (χ0) is 17.9. The van der Waals surface area contributed by atoms with Gasteiger partial charge in [0.2, 0.25) is 11.8 Å². The van der Waals surface area contributed by atoms with Gasteiger partial charge in [0.25, 0.3) is 0 Å². The van der Waals surface area contributed by atoms with E-state index in [1.165, 1.54) is 0 Å². The van der Waals surface area contributed by atoms with Gasteiger partial charge in [-0.3, -0.25) is 14.6 Å². The van der Waals surface area contributed by atoms with E-state index < -0.39 is 0 Å². The van der Waals surface area contributed by atoms with E-state index in [4.69, 9.17) is 0 Å². The average Bonchev–Trinajstić information content (AvgIpc) is 3.03. The minimum Gasteiger partial charge on any atom is -0.338 e. The second-order valence-electron chi connectivity index (χ2n) is 6.53. The summed E-state index contributed by atoms with van der Waals surface area (Å²) in [5.74, 6) is -0.456. The fourth-order valence-corrected chi connectivity index (χ4v) is 3.34. The summed E-state index contributed by atoms with van der Waals surface area (Å²) in [6, 6.07) is 19.3. The Morgan fingerprint density at radius 3 is 2.73 bits per heavy atom. The summed E-state index contributed by atoms with van der Waals surface area (Å²) in [6.45, 7) is 0.983. The summed E-state index contributed by atoms with van der Waals surface area (Å²) in [5, 5.41) is 3.92. The van der Waals surface area contributed by atoms with Crippen molar-refractivity contribution in [2.45, 2.75) is 13.0 Å². The van der Waals surface area contributed by atoms with Crippen LogP contribution in [0.1, 0.15) is 12.0 Å². The van der Waals surface area contributed by atoms with Crippen LogP contribution < -0.4 is 5.32 Å². The van der Waals surface area contributed by atoms with E-state index in [-0.39, 0.29) is 24.2 Å². The summed E-state index contributed by atoms with van der Waals surface area (Å²) >= 11 is 0. The Bertz CT molecular complexity index is 950. The molecule has 0 bridgehead atoms. The number of carbonyl (C=O) groups is 2. The van der Waals surface area contributed by atoms with E-state index in [1.54, 1.807) is 11.1 Å². The maximum absolute atomic E-state index is 12.7. The minimum atomic E-state index is -0.342. The van der Waals surface area contributed by atoms with Gasteiger partial charge in [0.1, 0.15) is 0 Å². The van der Waals surface area contributed by atoms with Crippen LogP contribution in [0.5, 0.6) is 0 Å². The van der Waals surface area contributed by atoms with Crippen molar-refractivity contribution in [3.63, 3.8) is 0 Å². The van der Waals surface area contributed by atoms with Gasteiger partial charge in [-0.05, 0) is 17.7 Å². The van der Waals surface area contributed by atoms with E-state index in [9.17, 15) is 9.59 Å². The molecule has 5 heteroatoms. The maximum Gasteiger partial charge on any atom is 0.229 e. The van der Waals surface area contributed by atoms with Crippen molar-refractivity contribution in [1.82, 2.24) is 9.88 Å². The van der Waals surface area contributed by atoms with Gasteiger partial charge in [0, 0.05) is 31.1 Å². The fourth-order valence-electron chi connectivity index (χ4n) is 3.34. The van der Waals surface area contributed by atoms with Crippen LogP contribution in [0, 0.1) is 5.92 Å². The number of nitrogens with zero attached hydrogens (tertiary/aromatic N) is 2. The molecule has 2 heterocycles. The molecule has 130 valence electrons. The standard InChI is InChI=1S/C21H19N3O2/c25-19-12-17(14-24(19)13-15-6-2-1-3-7-15)21(26)23-18-10-4-8-16-9-5-11-22-20(16)18/h1-11,17H,12-14H2,(H,23,26). The predicted octanol–water partition coefficient (Wildman–Crippen LogP) is 3.22. The Hall–Kier alpha value is -3.21. The number of aromatic nitrogens is 1. The number of hydrogen-bond donors (Lipinski definition) is 1. The summed E-state index contributed by atoms with van der Waals surface area (Å²) in [6.07, 6.45) is 1.95. The lowest BCUT2D eigenvalue weighted by atomic mass is 10.1. The van der Waals surface area contributed by atoms with Gasteiger partial charge in [-0.25, -0.2) is 0 Å². The molecular weight excluding hydrogens is 326 g/mol. The summed E-state index contributed by atoms with van der Waals surface area (Å²) in [5.41, 5.74) is 2.51. The number of carbonyl (C=O) groups excluding carboxylic acids is 2. The third-order valence-electron chi connectivity index (χ3n) is 4.69. The van der Waals surface area contributed by atoms with E-state index >= 15 is 0 Å². The number of amides is 2. The Morgan fingerprint density at radius 1 is 1.08 bits per heavy atom. The summed E-state index contributed by atoms with van der Waals surface area (Å²) in [7, 11) is 0. The number of rotatable bonds is 4. The first kappa shape index (κ1) is 16.3. The third kappa shape index (κ3) is 3.28. The van der Waals surface area contributed by atoms with E-state index in [2.05, 4.69) is 10.3 Å². The van der Waals surface area contributed by atoms with Crippen molar-refractivity contribution in [3.05, 3.63) is 72.4 Å². The Balaban J connectivity index is 1.46. The first-order valence-corrected chi connectivity index (χ1v) is 8.67. The molecule has 1 atom stereocenters. The van der Waals surface area contributed by atoms with Crippen molar-refractivity contribution in [3.8, 4) is 0 Å². The Kier molecular flexibility index (Phi) is 4.35. The highest BCUT2D eigenvalue weighted by molar-refractivity contribution is 6.02. The molecule has 2 aromatic carbocycles. The van der Waals surface area contributed by atoms with Crippen molar-refractivity contribution < 1.29 is 9.59 Å². The van der Waals surface area contributed by atoms with Gasteiger partial charge in [-0.15, -0.1) is 0 Å². The quantitative estimate of drug-likeness (QED) is 0.790. The number of pyridine rings is 1. The van der Waals surface area contributed by atoms with Crippen molar-refractivity contribution in [1.29, 1.82) is 0 Å². The lowest BCUT2D eigenvalue weighted by Crippen LogP contribution is -2.28. The molecule has 0 radical (unpaired) electrons. The number of anilines is 1. The molecule has 1 unspecified atom stereocenters. The monoisotopic (exact) mass is 345 g/mol. The van der Waals surface area contributed by atoms with Crippen LogP contribution in [-0.2, 0) is 16.1 Å². The van der Waals surface area contributed by atoms with Crippen LogP contribution in [-0.4, -0.2) is 28.2 Å². The highest BCUT2D eigenvalue weighted by Crippen LogP contribution is 2.25. The molecule has 5 nitrogen and oxygen atoms in total. The number of benzene rings is 2. The van der Waals surface area contributed by atoms with Gasteiger partial charge >= 0.3 is 0 Å². The van der Waals surface area contributed by atoms with Crippen LogP contribution in [0.3, 0.4) is 0 Å². The molecule has 2 amide bonds. The normalized spacial score (nSPS) is 16.8. The van der Waals surface area contributed by atoms with Crippen molar-refractivity contribution in [2.75, 3.05) is 11.9 Å². The van der Waals surface area contributed by atoms with Gasteiger partial charge < -0.3 is 10.2 Å². The Labute approximate surface area is 151 Å². The van der Waals surface area contributed by atoms with Crippen molar-refractivity contribution >= 4 is 28.4 Å². The highest BCUT2D eigenvalue weighted by atomic mass is 16.2. The molecule has 0 spiro atoms. The van der Waals surface area contributed by atoms with Crippen LogP contribution in [0.15, 0.2) is 66.9 Å². The molecule has 1 saturated heterocycles. The zero-order valence-corrected chi connectivity index (χ0v) is 14.3. The highest BCUT2D eigenvalue weighted by Gasteiger charge is 2.34. The van der Waals surface area contributed by atoms with Crippen LogP contribution >= 0.6 is 0 Å². The summed E-state index contributed by atoms with van der Waals surface area (Å²) < 4.78 is 0. The smallest absolute Gasteiger partial charge is 0.229 e. The van der Waals surface area contributed by atoms with Crippen LogP contribution in [0.4, 0.5) is 5.69 Å². The van der Waals surface area contributed by atoms with Crippen LogP contribution in [0.25, 0.3) is 10.9 Å². The second-order valence-corrected chi connectivity index (χ2v) is 6.53. The number of likely N-dealkylation sites (tertiary alicyclic amines) is 1. The molecule has 1 aliphatic heterocycles. The molecular formula is C21H19N3O2. The lowest BCUT2D eigenvalue weighted by molar-refractivity contribution is -0.128. The van der Waals surface area contributed by atoms with Gasteiger partial charge in [0.05, 0.1) is 17.1 Å². The van der Waals surface area contributed by atoms with Gasteiger partial charge in [-0.1, -0.05) is 48.5 Å². The molecule has 26 heavy (non-hydrogen) atoms. The number of fused-ring (bicyclic) bond motifs is 1. The predicted molar refractivity (Wildman–Crippen MR) is 100 cm³/mol. The number of hydrogen-bond acceptors (Lipinski definition) is 3. The minimum absolute atomic E-state index is 0.0186. The Morgan fingerprint density at radius 2 is 1.88 bits per heavy atom. The van der Waals surface area contributed by atoms with E-state index in [0.29, 0.717) is 18.8 Å². The number of para-hydroxylation sites is 1. The third-order valence-corrected chi connectivity index (χ3v) is 4.69. The topological polar surface area (TPSA) is 62.3 Å². The summed E-state index contributed by atoms with van der Waals surface area (Å²) in [4.78, 5) is 31.1. The van der Waals surface area contributed by atoms with Gasteiger partial charge in [-0.2, -0.15) is 0 Å². The largest absolute Gasteiger partial charge is 0.338 e. The van der Waals surface area contributed by atoms with E-state index in [0.717, 1.165) is 16.5 Å². The van der Waals surface area contributed by atoms with Crippen molar-refractivity contribution in [2.24, 2.45) is 5.92 Å². The molecule has 3 aromatic rings.